The molecule has 1 saturated heterocycles. The number of hydrogen-bond donors (Lipinski definition) is 2. The summed E-state index contributed by atoms with van der Waals surface area (Å²) in [5, 5.41) is 17.7. The third-order valence-electron chi connectivity index (χ3n) is 1.26. The van der Waals surface area contributed by atoms with Gasteiger partial charge in [-0.3, -0.25) is 0 Å². The molecule has 1 heterocycles. The summed E-state index contributed by atoms with van der Waals surface area (Å²) >= 11 is 1.65. The van der Waals surface area contributed by atoms with Crippen molar-refractivity contribution in [3.63, 3.8) is 0 Å². The molecule has 2 nitrogen and oxygen atoms in total. The maximum atomic E-state index is 8.90. The largest absolute Gasteiger partial charge is 0.395 e. The van der Waals surface area contributed by atoms with Gasteiger partial charge < -0.3 is 10.2 Å². The van der Waals surface area contributed by atoms with Gasteiger partial charge in [0.05, 0.1) is 12.7 Å². The number of hydrogen-bond acceptors (Lipinski definition) is 3. The van der Waals surface area contributed by atoms with E-state index in [9.17, 15) is 0 Å². The molecule has 0 aromatic carbocycles. The smallest absolute Gasteiger partial charge is 0.0642 e. The van der Waals surface area contributed by atoms with Gasteiger partial charge in [-0.15, -0.1) is 0 Å². The number of aliphatic hydroxyl groups is 2. The first-order valence-corrected chi connectivity index (χ1v) is 4.78. The van der Waals surface area contributed by atoms with E-state index in [4.69, 9.17) is 10.2 Å². The highest BCUT2D eigenvalue weighted by molar-refractivity contribution is 8.00. The lowest BCUT2D eigenvalue weighted by molar-refractivity contribution is 0.184. The molecule has 10 heavy (non-hydrogen) atoms. The summed E-state index contributed by atoms with van der Waals surface area (Å²) in [5.74, 6) is 0.797. The molecule has 0 spiro atoms. The molecule has 2 atom stereocenters. The van der Waals surface area contributed by atoms with Crippen molar-refractivity contribution >= 4 is 11.8 Å². The zero-order valence-corrected chi connectivity index (χ0v) is 7.40. The minimum absolute atomic E-state index is 0.169. The van der Waals surface area contributed by atoms with Crippen LogP contribution in [0.3, 0.4) is 0 Å². The molecule has 1 aliphatic heterocycles. The van der Waals surface area contributed by atoms with Crippen molar-refractivity contribution in [3.8, 4) is 0 Å². The van der Waals surface area contributed by atoms with Gasteiger partial charge in [0.15, 0.2) is 0 Å². The Kier molecular flexibility index (Phi) is 6.17. The molecule has 0 amide bonds. The van der Waals surface area contributed by atoms with E-state index in [0.29, 0.717) is 5.25 Å². The molecule has 1 fully saturated rings. The Labute approximate surface area is 66.6 Å². The van der Waals surface area contributed by atoms with Gasteiger partial charge >= 0.3 is 0 Å². The van der Waals surface area contributed by atoms with Gasteiger partial charge in [0.25, 0.3) is 0 Å². The molecule has 62 valence electrons. The average molecular weight is 164 g/mol. The standard InChI is InChI=1S/C5H10O2S.C2H6/c6-2-5-1-4(7)3-8-5;1-2/h4-7H,1-3H2;1-2H3/t4-,5?;/m1./s1. The Morgan fingerprint density at radius 2 is 2.10 bits per heavy atom. The lowest BCUT2D eigenvalue weighted by Gasteiger charge is -1.99. The van der Waals surface area contributed by atoms with Gasteiger partial charge in [-0.1, -0.05) is 13.8 Å². The fourth-order valence-corrected chi connectivity index (χ4v) is 1.91. The third-order valence-corrected chi connectivity index (χ3v) is 2.65. The van der Waals surface area contributed by atoms with Crippen LogP contribution in [0.15, 0.2) is 0 Å². The molecule has 1 unspecified atom stereocenters. The minimum Gasteiger partial charge on any atom is -0.395 e. The molecule has 2 N–H and O–H groups in total. The van der Waals surface area contributed by atoms with Crippen LogP contribution in [0.1, 0.15) is 20.3 Å². The molecule has 0 radical (unpaired) electrons. The summed E-state index contributed by atoms with van der Waals surface area (Å²) in [5.41, 5.74) is 0. The van der Waals surface area contributed by atoms with Crippen molar-refractivity contribution in [2.75, 3.05) is 12.4 Å². The number of rotatable bonds is 1. The van der Waals surface area contributed by atoms with Crippen LogP contribution >= 0.6 is 11.8 Å². The lowest BCUT2D eigenvalue weighted by atomic mass is 10.2. The van der Waals surface area contributed by atoms with Crippen LogP contribution in [0.2, 0.25) is 0 Å². The maximum Gasteiger partial charge on any atom is 0.0642 e. The summed E-state index contributed by atoms with van der Waals surface area (Å²) in [6.07, 6.45) is 0.596. The van der Waals surface area contributed by atoms with Crippen molar-refractivity contribution in [1.82, 2.24) is 0 Å². The van der Waals surface area contributed by atoms with Crippen molar-refractivity contribution < 1.29 is 10.2 Å². The van der Waals surface area contributed by atoms with Gasteiger partial charge in [-0.25, -0.2) is 0 Å². The first-order chi connectivity index (χ1) is 4.83. The fraction of sp³-hybridized carbons (Fsp3) is 1.00. The van der Waals surface area contributed by atoms with Crippen LogP contribution in [-0.4, -0.2) is 33.9 Å². The van der Waals surface area contributed by atoms with Crippen LogP contribution in [0, 0.1) is 0 Å². The predicted molar refractivity (Wildman–Crippen MR) is 45.3 cm³/mol. The second kappa shape index (κ2) is 6.01. The summed E-state index contributed by atoms with van der Waals surface area (Å²) < 4.78 is 0. The summed E-state index contributed by atoms with van der Waals surface area (Å²) in [7, 11) is 0. The SMILES string of the molecule is CC.OCC1C[C@@H](O)CS1. The maximum absolute atomic E-state index is 8.90. The van der Waals surface area contributed by atoms with Crippen molar-refractivity contribution in [3.05, 3.63) is 0 Å². The van der Waals surface area contributed by atoms with E-state index >= 15 is 0 Å². The zero-order chi connectivity index (χ0) is 7.98. The van der Waals surface area contributed by atoms with E-state index in [0.717, 1.165) is 12.2 Å². The highest BCUT2D eigenvalue weighted by Gasteiger charge is 2.21. The van der Waals surface area contributed by atoms with Gasteiger partial charge in [0, 0.05) is 11.0 Å². The minimum atomic E-state index is -0.169. The first-order valence-electron chi connectivity index (χ1n) is 3.73. The second-order valence-corrected chi connectivity index (χ2v) is 3.36. The predicted octanol–water partition coefficient (Wildman–Crippen LogP) is 0.871. The van der Waals surface area contributed by atoms with Crippen LogP contribution in [0.25, 0.3) is 0 Å². The molecule has 0 aromatic rings. The zero-order valence-electron chi connectivity index (χ0n) is 6.58. The Bertz CT molecular complexity index is 78.0. The second-order valence-electron chi connectivity index (χ2n) is 2.03. The fourth-order valence-electron chi connectivity index (χ4n) is 0.814. The molecule has 0 aromatic heterocycles. The van der Waals surface area contributed by atoms with E-state index in [-0.39, 0.29) is 12.7 Å². The van der Waals surface area contributed by atoms with Crippen LogP contribution in [-0.2, 0) is 0 Å². The molecule has 3 heteroatoms. The van der Waals surface area contributed by atoms with E-state index in [1.165, 1.54) is 0 Å². The Morgan fingerprint density at radius 1 is 1.50 bits per heavy atom. The molecular weight excluding hydrogens is 148 g/mol. The Morgan fingerprint density at radius 3 is 2.30 bits per heavy atom. The first kappa shape index (κ1) is 10.3. The number of thioether (sulfide) groups is 1. The van der Waals surface area contributed by atoms with E-state index in [2.05, 4.69) is 0 Å². The van der Waals surface area contributed by atoms with Gasteiger partial charge in [-0.2, -0.15) is 11.8 Å². The van der Waals surface area contributed by atoms with E-state index < -0.39 is 0 Å². The quantitative estimate of drug-likeness (QED) is 0.604. The van der Waals surface area contributed by atoms with Gasteiger partial charge in [0.1, 0.15) is 0 Å². The van der Waals surface area contributed by atoms with E-state index in [1.54, 1.807) is 11.8 Å². The molecule has 1 rings (SSSR count). The summed E-state index contributed by atoms with van der Waals surface area (Å²) in [4.78, 5) is 0. The van der Waals surface area contributed by atoms with Crippen molar-refractivity contribution in [2.24, 2.45) is 0 Å². The van der Waals surface area contributed by atoms with Crippen molar-refractivity contribution in [2.45, 2.75) is 31.6 Å². The highest BCUT2D eigenvalue weighted by atomic mass is 32.2. The third kappa shape index (κ3) is 3.44. The lowest BCUT2D eigenvalue weighted by Crippen LogP contribution is -2.08. The highest BCUT2D eigenvalue weighted by Crippen LogP contribution is 2.25. The number of aliphatic hydroxyl groups excluding tert-OH is 2. The van der Waals surface area contributed by atoms with Gasteiger partial charge in [0.2, 0.25) is 0 Å². The Balaban J connectivity index is 0.000000371. The van der Waals surface area contributed by atoms with Crippen molar-refractivity contribution in [1.29, 1.82) is 0 Å². The van der Waals surface area contributed by atoms with Gasteiger partial charge in [-0.05, 0) is 6.42 Å². The molecule has 0 saturated carbocycles. The average Bonchev–Trinajstić information content (AvgIpc) is 2.40. The molecule has 0 bridgehead atoms. The Hall–Kier alpha value is 0.270. The normalized spacial score (nSPS) is 31.2. The van der Waals surface area contributed by atoms with Crippen LogP contribution < -0.4 is 0 Å². The molecule has 0 aliphatic carbocycles. The van der Waals surface area contributed by atoms with Crippen LogP contribution in [0.4, 0.5) is 0 Å². The summed E-state index contributed by atoms with van der Waals surface area (Å²) in [6, 6.07) is 0. The molecule has 1 aliphatic rings. The summed E-state index contributed by atoms with van der Waals surface area (Å²) in [6.45, 7) is 4.21. The monoisotopic (exact) mass is 164 g/mol. The van der Waals surface area contributed by atoms with Crippen LogP contribution in [0.5, 0.6) is 0 Å². The van der Waals surface area contributed by atoms with E-state index in [1.807, 2.05) is 13.8 Å². The topological polar surface area (TPSA) is 40.5 Å². The molecular formula is C7H16O2S.